The first-order chi connectivity index (χ1) is 25.1. The number of aliphatic hydroxyl groups is 2. The second-order valence-corrected chi connectivity index (χ2v) is 12.4. The van der Waals surface area contributed by atoms with Gasteiger partial charge in [-0.2, -0.15) is 9.97 Å². The molecule has 18 nitrogen and oxygen atoms in total. The third-order valence-corrected chi connectivity index (χ3v) is 8.34. The van der Waals surface area contributed by atoms with Gasteiger partial charge in [0.05, 0.1) is 51.2 Å². The third-order valence-electron chi connectivity index (χ3n) is 8.34. The highest BCUT2D eigenvalue weighted by molar-refractivity contribution is 5.83. The average molecular weight is 758 g/mol. The maximum atomic E-state index is 14.3. The summed E-state index contributed by atoms with van der Waals surface area (Å²) in [6.07, 6.45) is -2.29. The number of carbonyl (C=O) groups is 3. The number of esters is 1. The Morgan fingerprint density at radius 1 is 0.830 bits per heavy atom. The van der Waals surface area contributed by atoms with Gasteiger partial charge in [-0.25, -0.2) is 28.0 Å². The Bertz CT molecular complexity index is 1680. The molecule has 2 aromatic rings. The summed E-state index contributed by atoms with van der Waals surface area (Å²) < 4.78 is 55.8. The van der Waals surface area contributed by atoms with Gasteiger partial charge >= 0.3 is 29.5 Å². The van der Waals surface area contributed by atoms with Crippen LogP contribution in [0.15, 0.2) is 22.0 Å². The van der Waals surface area contributed by atoms with Gasteiger partial charge in [0.2, 0.25) is 0 Å². The van der Waals surface area contributed by atoms with E-state index >= 15 is 0 Å². The van der Waals surface area contributed by atoms with Crippen LogP contribution in [0.5, 0.6) is 0 Å². The van der Waals surface area contributed by atoms with Gasteiger partial charge in [0.15, 0.2) is 41.8 Å². The number of hydrogen-bond donors (Lipinski definition) is 4. The molecule has 0 radical (unpaired) electrons. The molecular weight excluding hydrogens is 710 g/mol. The molecular formula is C33H47F2N6O12+. The predicted octanol–water partition coefficient (Wildman–Crippen LogP) is 3.18. The van der Waals surface area contributed by atoms with Crippen molar-refractivity contribution in [3.8, 4) is 0 Å². The maximum Gasteiger partial charge on any atom is 0.412 e. The highest BCUT2D eigenvalue weighted by atomic mass is 19.1. The molecule has 0 unspecified atom stereocenters. The van der Waals surface area contributed by atoms with E-state index in [0.717, 1.165) is 47.7 Å². The minimum absolute atomic E-state index is 0.121. The Morgan fingerprint density at radius 2 is 1.32 bits per heavy atom. The van der Waals surface area contributed by atoms with Gasteiger partial charge in [-0.3, -0.25) is 24.6 Å². The summed E-state index contributed by atoms with van der Waals surface area (Å²) >= 11 is 0. The number of hydrogen-bond acceptors (Lipinski definition) is 14. The van der Waals surface area contributed by atoms with Crippen LogP contribution < -0.4 is 22.0 Å². The third kappa shape index (κ3) is 11.7. The maximum absolute atomic E-state index is 14.3. The van der Waals surface area contributed by atoms with Gasteiger partial charge in [-0.15, -0.1) is 0 Å². The molecule has 2 aliphatic rings. The number of carbonyl (C=O) groups excluding carboxylic acids is 3. The lowest BCUT2D eigenvalue weighted by atomic mass is 10.0. The summed E-state index contributed by atoms with van der Waals surface area (Å²) in [5.74, 6) is -4.00. The van der Waals surface area contributed by atoms with E-state index in [9.17, 15) is 43.0 Å². The van der Waals surface area contributed by atoms with Crippen molar-refractivity contribution in [3.05, 3.63) is 51.9 Å². The van der Waals surface area contributed by atoms with Gasteiger partial charge in [0.1, 0.15) is 12.2 Å². The van der Waals surface area contributed by atoms with Gasteiger partial charge in [-0.1, -0.05) is 26.7 Å². The first-order valence-electron chi connectivity index (χ1n) is 17.2. The Labute approximate surface area is 303 Å². The SMILES string of the molecule is CCCCCOC(=O)Nc1nc(=O)n([C@@H]2O[C@H](C)[C@@H](C)[C@H]2O)cc1F.[CH2+]CCCCOC(=O)Nc1nc(=O)n([C@@H]2O[C@H](C)[C@@H](O)[C@H]2OC(C)=O)cc1F. The van der Waals surface area contributed by atoms with Gasteiger partial charge in [-0.05, 0) is 33.1 Å². The van der Waals surface area contributed by atoms with Crippen molar-refractivity contribution < 1.29 is 57.1 Å². The number of amides is 2. The first kappa shape index (κ1) is 42.8. The largest absolute Gasteiger partial charge is 0.455 e. The van der Waals surface area contributed by atoms with E-state index in [1.807, 2.05) is 6.92 Å². The topological polar surface area (TPSA) is 232 Å². The highest BCUT2D eigenvalue weighted by Crippen LogP contribution is 2.33. The average Bonchev–Trinajstić information content (AvgIpc) is 3.52. The monoisotopic (exact) mass is 757 g/mol. The minimum Gasteiger partial charge on any atom is -0.455 e. The summed E-state index contributed by atoms with van der Waals surface area (Å²) in [4.78, 5) is 65.9. The Kier molecular flexibility index (Phi) is 16.1. The number of aromatic nitrogens is 4. The second kappa shape index (κ2) is 20.0. The molecule has 2 aliphatic heterocycles. The van der Waals surface area contributed by atoms with Crippen molar-refractivity contribution in [2.24, 2.45) is 5.92 Å². The normalized spacial score (nSPS) is 24.8. The number of unbranched alkanes of at least 4 members (excludes halogenated alkanes) is 4. The first-order valence-corrected chi connectivity index (χ1v) is 17.2. The molecule has 294 valence electrons. The number of halogens is 2. The van der Waals surface area contributed by atoms with Crippen LogP contribution in [0.1, 0.15) is 85.6 Å². The number of nitrogens with zero attached hydrogens (tertiary/aromatic N) is 4. The molecule has 0 aromatic carbocycles. The van der Waals surface area contributed by atoms with Crippen LogP contribution in [0.3, 0.4) is 0 Å². The van der Waals surface area contributed by atoms with E-state index in [4.69, 9.17) is 23.7 Å². The van der Waals surface area contributed by atoms with E-state index in [1.165, 1.54) is 6.92 Å². The molecule has 20 heteroatoms. The van der Waals surface area contributed by atoms with E-state index in [2.05, 4.69) is 27.5 Å². The van der Waals surface area contributed by atoms with Gasteiger partial charge in [0.25, 0.3) is 0 Å². The molecule has 53 heavy (non-hydrogen) atoms. The lowest BCUT2D eigenvalue weighted by molar-refractivity contribution is -0.156. The fourth-order valence-electron chi connectivity index (χ4n) is 5.21. The summed E-state index contributed by atoms with van der Waals surface area (Å²) in [6.45, 7) is 12.2. The molecule has 4 heterocycles. The molecule has 4 rings (SSSR count). The van der Waals surface area contributed by atoms with Crippen molar-refractivity contribution in [1.82, 2.24) is 19.1 Å². The van der Waals surface area contributed by atoms with Crippen LogP contribution in [-0.2, 0) is 28.5 Å². The number of anilines is 2. The Balaban J connectivity index is 0.000000287. The van der Waals surface area contributed by atoms with Crippen LogP contribution in [0.2, 0.25) is 0 Å². The molecule has 0 bridgehead atoms. The smallest absolute Gasteiger partial charge is 0.412 e. The molecule has 2 saturated heterocycles. The summed E-state index contributed by atoms with van der Waals surface area (Å²) in [7, 11) is 0. The van der Waals surface area contributed by atoms with Crippen molar-refractivity contribution in [2.75, 3.05) is 23.8 Å². The molecule has 0 spiro atoms. The molecule has 2 fully saturated rings. The molecule has 4 N–H and O–H groups in total. The number of nitrogens with one attached hydrogen (secondary N) is 2. The molecule has 0 saturated carbocycles. The second-order valence-electron chi connectivity index (χ2n) is 12.4. The predicted molar refractivity (Wildman–Crippen MR) is 181 cm³/mol. The number of ether oxygens (including phenoxy) is 5. The standard InChI is InChI=1S/C17H22FN3O7.C16H24FN3O5/c1-4-5-6-7-26-17(25)20-14-11(18)8-21(16(24)19-14)15-13(28-10(3)22)12(23)9(2)27-15;1-4-5-6-7-24-16(23)19-13-11(17)8-20(15(22)18-13)14-12(21)9(2)10(3)25-14/h8-9,12-13,15,23H,1,4-7H2,2-3H3;8-10,12,14,21H,4-7H2,1-3H3,(H,18,19,22,23)/p+1/t9-,12-,13-,15-;9-,10-,12-,14-/m11/s1. The molecule has 2 amide bonds. The fraction of sp³-hybridized carbons (Fsp3) is 0.636. The molecule has 0 aliphatic carbocycles. The zero-order valence-electron chi connectivity index (χ0n) is 30.2. The van der Waals surface area contributed by atoms with Crippen molar-refractivity contribution in [1.29, 1.82) is 0 Å². The lowest BCUT2D eigenvalue weighted by Gasteiger charge is -2.21. The summed E-state index contributed by atoms with van der Waals surface area (Å²) in [5.41, 5.74) is -1.81. The van der Waals surface area contributed by atoms with Crippen LogP contribution in [0, 0.1) is 24.5 Å². The lowest BCUT2D eigenvalue weighted by Crippen LogP contribution is -2.38. The fourth-order valence-corrected chi connectivity index (χ4v) is 5.21. The van der Waals surface area contributed by atoms with E-state index in [1.54, 1.807) is 13.8 Å². The van der Waals surface area contributed by atoms with E-state index in [0.29, 0.717) is 19.3 Å². The van der Waals surface area contributed by atoms with E-state index < -0.39 is 89.7 Å². The van der Waals surface area contributed by atoms with Crippen molar-refractivity contribution in [2.45, 2.75) is 116 Å². The van der Waals surface area contributed by atoms with Gasteiger partial charge < -0.3 is 33.9 Å². The number of aliphatic hydroxyl groups excluding tert-OH is 2. The Morgan fingerprint density at radius 3 is 1.77 bits per heavy atom. The van der Waals surface area contributed by atoms with Crippen molar-refractivity contribution in [3.63, 3.8) is 0 Å². The van der Waals surface area contributed by atoms with Crippen LogP contribution in [0.4, 0.5) is 30.0 Å². The quantitative estimate of drug-likeness (QED) is 0.0996. The molecule has 2 aromatic heterocycles. The zero-order chi connectivity index (χ0) is 39.4. The highest BCUT2D eigenvalue weighted by Gasteiger charge is 2.46. The molecule has 8 atom stereocenters. The summed E-state index contributed by atoms with van der Waals surface area (Å²) in [6, 6.07) is 0. The van der Waals surface area contributed by atoms with Gasteiger partial charge in [0, 0.05) is 12.8 Å². The minimum atomic E-state index is -1.27. The van der Waals surface area contributed by atoms with E-state index in [-0.39, 0.29) is 25.2 Å². The van der Waals surface area contributed by atoms with Crippen LogP contribution >= 0.6 is 0 Å². The zero-order valence-corrected chi connectivity index (χ0v) is 30.2. The number of rotatable bonds is 13. The van der Waals surface area contributed by atoms with Crippen molar-refractivity contribution >= 4 is 29.8 Å². The summed E-state index contributed by atoms with van der Waals surface area (Å²) in [5, 5.41) is 24.4. The van der Waals surface area contributed by atoms with Crippen LogP contribution in [0.25, 0.3) is 0 Å². The Hall–Kier alpha value is -4.66. The van der Waals surface area contributed by atoms with Crippen LogP contribution in [-0.4, -0.2) is 91.2 Å².